The summed E-state index contributed by atoms with van der Waals surface area (Å²) in [6.45, 7) is 2.21. The van der Waals surface area contributed by atoms with Crippen LogP contribution in [0.1, 0.15) is 77.6 Å². The lowest BCUT2D eigenvalue weighted by Crippen LogP contribution is -2.04. The van der Waals surface area contributed by atoms with Crippen molar-refractivity contribution in [1.29, 1.82) is 0 Å². The highest BCUT2D eigenvalue weighted by Crippen LogP contribution is 2.12. The van der Waals surface area contributed by atoms with Gasteiger partial charge in [-0.05, 0) is 19.3 Å². The summed E-state index contributed by atoms with van der Waals surface area (Å²) in [4.78, 5) is 21.3. The molecule has 0 saturated carbocycles. The summed E-state index contributed by atoms with van der Waals surface area (Å²) in [6.07, 6.45) is 12.2. The fourth-order valence-electron chi connectivity index (χ4n) is 2.09. The van der Waals surface area contributed by atoms with Gasteiger partial charge in [0.25, 0.3) is 0 Å². The Morgan fingerprint density at radius 2 is 1.40 bits per heavy atom. The van der Waals surface area contributed by atoms with Gasteiger partial charge in [-0.1, -0.05) is 57.9 Å². The molecule has 0 radical (unpaired) electrons. The molecule has 0 atom stereocenters. The van der Waals surface area contributed by atoms with Gasteiger partial charge in [0.15, 0.2) is 0 Å². The van der Waals surface area contributed by atoms with Crippen molar-refractivity contribution in [3.8, 4) is 0 Å². The van der Waals surface area contributed by atoms with Crippen LogP contribution in [-0.2, 0) is 9.59 Å². The molecule has 116 valence electrons. The maximum atomic E-state index is 10.9. The Balaban J connectivity index is 3.67. The molecule has 0 heterocycles. The van der Waals surface area contributed by atoms with E-state index < -0.39 is 11.9 Å². The van der Waals surface area contributed by atoms with Gasteiger partial charge in [-0.15, -0.1) is 0 Å². The van der Waals surface area contributed by atoms with Crippen molar-refractivity contribution >= 4 is 11.9 Å². The van der Waals surface area contributed by atoms with Crippen molar-refractivity contribution in [1.82, 2.24) is 0 Å². The van der Waals surface area contributed by atoms with E-state index in [0.29, 0.717) is 0 Å². The first-order valence-corrected chi connectivity index (χ1v) is 7.72. The lowest BCUT2D eigenvalue weighted by Gasteiger charge is -2.02. The number of unbranched alkanes of at least 4 members (excludes halogenated alkanes) is 8. The fourth-order valence-corrected chi connectivity index (χ4v) is 2.09. The summed E-state index contributed by atoms with van der Waals surface area (Å²) in [5, 5.41) is 17.5. The highest BCUT2D eigenvalue weighted by molar-refractivity contribution is 5.87. The van der Waals surface area contributed by atoms with E-state index in [-0.39, 0.29) is 18.4 Å². The molecule has 0 fully saturated rings. The van der Waals surface area contributed by atoms with Crippen molar-refractivity contribution in [2.45, 2.75) is 77.6 Å². The van der Waals surface area contributed by atoms with Gasteiger partial charge in [-0.3, -0.25) is 4.79 Å². The van der Waals surface area contributed by atoms with Gasteiger partial charge < -0.3 is 10.2 Å². The van der Waals surface area contributed by atoms with Crippen molar-refractivity contribution < 1.29 is 19.8 Å². The second kappa shape index (κ2) is 12.7. The van der Waals surface area contributed by atoms with E-state index in [1.54, 1.807) is 6.08 Å². The minimum absolute atomic E-state index is 0.113. The van der Waals surface area contributed by atoms with E-state index >= 15 is 0 Å². The normalized spacial score (nSPS) is 11.6. The van der Waals surface area contributed by atoms with Crippen LogP contribution >= 0.6 is 0 Å². The number of carboxylic acid groups (broad SMARTS) is 2. The largest absolute Gasteiger partial charge is 0.481 e. The molecule has 4 heteroatoms. The van der Waals surface area contributed by atoms with Crippen molar-refractivity contribution in [2.24, 2.45) is 0 Å². The van der Waals surface area contributed by atoms with Gasteiger partial charge >= 0.3 is 11.9 Å². The summed E-state index contributed by atoms with van der Waals surface area (Å²) in [5.41, 5.74) is 0.232. The lowest BCUT2D eigenvalue weighted by atomic mass is 10.0. The number of hydrogen-bond donors (Lipinski definition) is 2. The standard InChI is InChI=1S/C16H28O4/c1-2-3-4-5-6-7-8-9-10-11-14(16(19)20)12-13-15(17)18/h11H,2-10,12-13H2,1H3,(H,17,18)(H,19,20). The molecule has 20 heavy (non-hydrogen) atoms. The average Bonchev–Trinajstić information content (AvgIpc) is 2.39. The van der Waals surface area contributed by atoms with Crippen LogP contribution in [0.2, 0.25) is 0 Å². The molecule has 0 aromatic rings. The smallest absolute Gasteiger partial charge is 0.331 e. The topological polar surface area (TPSA) is 74.6 Å². The van der Waals surface area contributed by atoms with Gasteiger partial charge in [0, 0.05) is 12.0 Å². The first-order valence-electron chi connectivity index (χ1n) is 7.72. The van der Waals surface area contributed by atoms with Gasteiger partial charge in [-0.2, -0.15) is 0 Å². The van der Waals surface area contributed by atoms with E-state index in [1.807, 2.05) is 0 Å². The predicted octanol–water partition coefficient (Wildman–Crippen LogP) is 4.39. The Bertz CT molecular complexity index is 308. The molecule has 0 aromatic carbocycles. The Hall–Kier alpha value is -1.32. The Morgan fingerprint density at radius 3 is 1.90 bits per heavy atom. The van der Waals surface area contributed by atoms with E-state index in [0.717, 1.165) is 19.3 Å². The summed E-state index contributed by atoms with van der Waals surface area (Å²) in [6, 6.07) is 0. The first-order chi connectivity index (χ1) is 9.57. The lowest BCUT2D eigenvalue weighted by molar-refractivity contribution is -0.137. The molecule has 0 unspecified atom stereocenters. The number of carbonyl (C=O) groups is 2. The third kappa shape index (κ3) is 11.8. The van der Waals surface area contributed by atoms with Crippen LogP contribution in [-0.4, -0.2) is 22.2 Å². The van der Waals surface area contributed by atoms with E-state index in [2.05, 4.69) is 6.92 Å². The van der Waals surface area contributed by atoms with Crippen LogP contribution in [0.3, 0.4) is 0 Å². The minimum atomic E-state index is -0.995. The molecule has 0 aliphatic rings. The summed E-state index contributed by atoms with van der Waals surface area (Å²) in [7, 11) is 0. The minimum Gasteiger partial charge on any atom is -0.481 e. The van der Waals surface area contributed by atoms with Gasteiger partial charge in [0.1, 0.15) is 0 Å². The van der Waals surface area contributed by atoms with E-state index in [4.69, 9.17) is 10.2 Å². The van der Waals surface area contributed by atoms with Crippen LogP contribution in [0.4, 0.5) is 0 Å². The third-order valence-corrected chi connectivity index (χ3v) is 3.33. The summed E-state index contributed by atoms with van der Waals surface area (Å²) in [5.74, 6) is -1.95. The first kappa shape index (κ1) is 18.7. The monoisotopic (exact) mass is 284 g/mol. The van der Waals surface area contributed by atoms with E-state index in [1.165, 1.54) is 38.5 Å². The molecule has 0 spiro atoms. The number of rotatable bonds is 13. The molecule has 0 aromatic heterocycles. The van der Waals surface area contributed by atoms with E-state index in [9.17, 15) is 9.59 Å². The zero-order valence-electron chi connectivity index (χ0n) is 12.6. The van der Waals surface area contributed by atoms with Gasteiger partial charge in [0.05, 0.1) is 0 Å². The molecule has 2 N–H and O–H groups in total. The average molecular weight is 284 g/mol. The number of aliphatic carboxylic acids is 2. The Kier molecular flexibility index (Phi) is 11.9. The van der Waals surface area contributed by atoms with Gasteiger partial charge in [-0.25, -0.2) is 4.79 Å². The number of allylic oxidation sites excluding steroid dienone is 1. The van der Waals surface area contributed by atoms with Crippen LogP contribution in [0.25, 0.3) is 0 Å². The molecule has 0 rings (SSSR count). The summed E-state index contributed by atoms with van der Waals surface area (Å²) >= 11 is 0. The Labute approximate surface area is 121 Å². The zero-order valence-corrected chi connectivity index (χ0v) is 12.6. The highest BCUT2D eigenvalue weighted by atomic mass is 16.4. The fraction of sp³-hybridized carbons (Fsp3) is 0.750. The molecule has 4 nitrogen and oxygen atoms in total. The highest BCUT2D eigenvalue weighted by Gasteiger charge is 2.08. The molecular formula is C16H28O4. The molecule has 0 amide bonds. The second-order valence-corrected chi connectivity index (χ2v) is 5.19. The molecule has 0 aliphatic carbocycles. The predicted molar refractivity (Wildman–Crippen MR) is 79.8 cm³/mol. The second-order valence-electron chi connectivity index (χ2n) is 5.19. The number of hydrogen-bond acceptors (Lipinski definition) is 2. The molecule has 0 saturated heterocycles. The molecular weight excluding hydrogens is 256 g/mol. The summed E-state index contributed by atoms with van der Waals surface area (Å²) < 4.78 is 0. The van der Waals surface area contributed by atoms with Crippen LogP contribution < -0.4 is 0 Å². The van der Waals surface area contributed by atoms with Crippen LogP contribution in [0.15, 0.2) is 11.6 Å². The maximum absolute atomic E-state index is 10.9. The van der Waals surface area contributed by atoms with Crippen LogP contribution in [0.5, 0.6) is 0 Å². The Morgan fingerprint density at radius 1 is 0.850 bits per heavy atom. The van der Waals surface area contributed by atoms with Crippen molar-refractivity contribution in [3.63, 3.8) is 0 Å². The molecule has 0 aliphatic heterocycles. The van der Waals surface area contributed by atoms with Crippen molar-refractivity contribution in [3.05, 3.63) is 11.6 Å². The quantitative estimate of drug-likeness (QED) is 0.388. The van der Waals surface area contributed by atoms with Crippen molar-refractivity contribution in [2.75, 3.05) is 0 Å². The number of carboxylic acids is 2. The SMILES string of the molecule is CCCCCCCCCCC=C(CCC(=O)O)C(=O)O. The molecule has 0 bridgehead atoms. The van der Waals surface area contributed by atoms with Gasteiger partial charge in [0.2, 0.25) is 0 Å². The maximum Gasteiger partial charge on any atom is 0.331 e. The third-order valence-electron chi connectivity index (χ3n) is 3.33. The van der Waals surface area contributed by atoms with Crippen LogP contribution in [0, 0.1) is 0 Å². The zero-order chi connectivity index (χ0) is 15.2.